The van der Waals surface area contributed by atoms with Crippen LogP contribution in [0, 0.1) is 6.92 Å². The first-order valence-electron chi connectivity index (χ1n) is 7.52. The lowest BCUT2D eigenvalue weighted by molar-refractivity contribution is 0.675. The number of rotatable bonds is 5. The number of nitrogens with zero attached hydrogens (tertiary/aromatic N) is 2. The zero-order valence-corrected chi connectivity index (χ0v) is 12.6. The maximum atomic E-state index is 4.37. The number of nitrogens with one attached hydrogen (secondary N) is 1. The second-order valence-corrected chi connectivity index (χ2v) is 5.39. The maximum Gasteiger partial charge on any atom is 0.137 e. The molecular formula is C18H21N3. The lowest BCUT2D eigenvalue weighted by Gasteiger charge is -2.12. The van der Waals surface area contributed by atoms with Gasteiger partial charge in [-0.1, -0.05) is 25.1 Å². The van der Waals surface area contributed by atoms with Gasteiger partial charge in [-0.05, 0) is 49.2 Å². The summed E-state index contributed by atoms with van der Waals surface area (Å²) in [5.41, 5.74) is 6.06. The van der Waals surface area contributed by atoms with Crippen LogP contribution in [0.5, 0.6) is 0 Å². The van der Waals surface area contributed by atoms with E-state index in [0.29, 0.717) is 0 Å². The number of hydrogen-bond donors (Lipinski definition) is 1. The molecule has 0 atom stereocenters. The summed E-state index contributed by atoms with van der Waals surface area (Å²) in [6.45, 7) is 6.32. The summed E-state index contributed by atoms with van der Waals surface area (Å²) in [5.74, 6) is 0. The molecule has 0 spiro atoms. The zero-order chi connectivity index (χ0) is 14.7. The fourth-order valence-electron chi connectivity index (χ4n) is 2.63. The quantitative estimate of drug-likeness (QED) is 0.720. The third kappa shape index (κ3) is 2.83. The molecule has 0 amide bonds. The monoisotopic (exact) mass is 279 g/mol. The van der Waals surface area contributed by atoms with E-state index in [1.54, 1.807) is 0 Å². The number of imidazole rings is 1. The third-order valence-electron chi connectivity index (χ3n) is 3.76. The molecule has 0 fully saturated rings. The molecular weight excluding hydrogens is 258 g/mol. The van der Waals surface area contributed by atoms with Gasteiger partial charge in [0.25, 0.3) is 0 Å². The van der Waals surface area contributed by atoms with E-state index in [0.717, 1.165) is 25.2 Å². The van der Waals surface area contributed by atoms with Gasteiger partial charge in [0.05, 0.1) is 5.69 Å². The Morgan fingerprint density at radius 3 is 2.95 bits per heavy atom. The molecule has 0 saturated heterocycles. The normalized spacial score (nSPS) is 11.1. The van der Waals surface area contributed by atoms with Crippen molar-refractivity contribution in [3.63, 3.8) is 0 Å². The molecule has 3 aromatic rings. The molecule has 0 aliphatic carbocycles. The molecule has 0 unspecified atom stereocenters. The van der Waals surface area contributed by atoms with Crippen molar-refractivity contribution < 1.29 is 0 Å². The van der Waals surface area contributed by atoms with E-state index in [-0.39, 0.29) is 0 Å². The summed E-state index contributed by atoms with van der Waals surface area (Å²) in [5, 5.41) is 3.46. The fraction of sp³-hybridized carbons (Fsp3) is 0.278. The highest BCUT2D eigenvalue weighted by Crippen LogP contribution is 2.25. The Balaban J connectivity index is 2.01. The van der Waals surface area contributed by atoms with E-state index >= 15 is 0 Å². The van der Waals surface area contributed by atoms with Gasteiger partial charge in [0.2, 0.25) is 0 Å². The Morgan fingerprint density at radius 1 is 1.19 bits per heavy atom. The summed E-state index contributed by atoms with van der Waals surface area (Å²) in [7, 11) is 0. The van der Waals surface area contributed by atoms with E-state index in [1.165, 1.54) is 22.4 Å². The molecule has 0 bridgehead atoms. The van der Waals surface area contributed by atoms with Crippen molar-refractivity contribution in [2.24, 2.45) is 0 Å². The zero-order valence-electron chi connectivity index (χ0n) is 12.6. The number of pyridine rings is 1. The Kier molecular flexibility index (Phi) is 4.02. The van der Waals surface area contributed by atoms with Gasteiger partial charge in [-0.15, -0.1) is 0 Å². The Morgan fingerprint density at radius 2 is 2.10 bits per heavy atom. The summed E-state index contributed by atoms with van der Waals surface area (Å²) >= 11 is 0. The van der Waals surface area contributed by atoms with Crippen molar-refractivity contribution in [1.29, 1.82) is 0 Å². The molecule has 1 N–H and O–H groups in total. The van der Waals surface area contributed by atoms with Crippen molar-refractivity contribution in [2.75, 3.05) is 6.54 Å². The second kappa shape index (κ2) is 6.10. The molecule has 0 radical (unpaired) electrons. The minimum atomic E-state index is 0.918. The van der Waals surface area contributed by atoms with Crippen LogP contribution >= 0.6 is 0 Å². The molecule has 0 aliphatic rings. The number of aryl methyl sites for hydroxylation is 1. The molecule has 1 aromatic carbocycles. The van der Waals surface area contributed by atoms with Crippen LogP contribution in [0.25, 0.3) is 16.9 Å². The van der Waals surface area contributed by atoms with Gasteiger partial charge in [0.15, 0.2) is 0 Å². The number of aromatic nitrogens is 2. The SMILES string of the molecule is CCCNCc1ccc(C)c(-c2cccc3nccn23)c1. The topological polar surface area (TPSA) is 29.3 Å². The molecule has 3 rings (SSSR count). The summed E-state index contributed by atoms with van der Waals surface area (Å²) in [4.78, 5) is 4.37. The van der Waals surface area contributed by atoms with Crippen LogP contribution in [-0.4, -0.2) is 15.9 Å². The van der Waals surface area contributed by atoms with Crippen molar-refractivity contribution >= 4 is 5.65 Å². The molecule has 3 nitrogen and oxygen atoms in total. The highest BCUT2D eigenvalue weighted by molar-refractivity contribution is 5.67. The average Bonchev–Trinajstić information content (AvgIpc) is 2.98. The van der Waals surface area contributed by atoms with Crippen molar-refractivity contribution in [3.8, 4) is 11.3 Å². The van der Waals surface area contributed by atoms with E-state index in [1.807, 2.05) is 18.5 Å². The first-order valence-corrected chi connectivity index (χ1v) is 7.52. The van der Waals surface area contributed by atoms with Gasteiger partial charge in [-0.3, -0.25) is 4.40 Å². The first-order chi connectivity index (χ1) is 10.3. The van der Waals surface area contributed by atoms with Gasteiger partial charge in [0, 0.05) is 24.5 Å². The molecule has 2 aromatic heterocycles. The van der Waals surface area contributed by atoms with Gasteiger partial charge in [-0.25, -0.2) is 4.98 Å². The maximum absolute atomic E-state index is 4.37. The van der Waals surface area contributed by atoms with Gasteiger partial charge in [0.1, 0.15) is 5.65 Å². The van der Waals surface area contributed by atoms with E-state index in [2.05, 4.69) is 58.9 Å². The van der Waals surface area contributed by atoms with Crippen LogP contribution in [0.1, 0.15) is 24.5 Å². The lowest BCUT2D eigenvalue weighted by Crippen LogP contribution is -2.13. The van der Waals surface area contributed by atoms with Crippen molar-refractivity contribution in [1.82, 2.24) is 14.7 Å². The molecule has 0 aliphatic heterocycles. The molecule has 108 valence electrons. The minimum absolute atomic E-state index is 0.918. The van der Waals surface area contributed by atoms with E-state index < -0.39 is 0 Å². The van der Waals surface area contributed by atoms with Crippen LogP contribution in [-0.2, 0) is 6.54 Å². The smallest absolute Gasteiger partial charge is 0.137 e. The molecule has 21 heavy (non-hydrogen) atoms. The van der Waals surface area contributed by atoms with Gasteiger partial charge >= 0.3 is 0 Å². The second-order valence-electron chi connectivity index (χ2n) is 5.39. The summed E-state index contributed by atoms with van der Waals surface area (Å²) in [6.07, 6.45) is 5.03. The van der Waals surface area contributed by atoms with Crippen LogP contribution in [0.3, 0.4) is 0 Å². The Hall–Kier alpha value is -2.13. The number of hydrogen-bond acceptors (Lipinski definition) is 2. The van der Waals surface area contributed by atoms with Crippen LogP contribution in [0.15, 0.2) is 48.8 Å². The summed E-state index contributed by atoms with van der Waals surface area (Å²) < 4.78 is 2.14. The van der Waals surface area contributed by atoms with Crippen LogP contribution in [0.2, 0.25) is 0 Å². The molecule has 2 heterocycles. The molecule has 0 saturated carbocycles. The Bertz CT molecular complexity index is 743. The lowest BCUT2D eigenvalue weighted by atomic mass is 10.0. The summed E-state index contributed by atoms with van der Waals surface area (Å²) in [6, 6.07) is 12.9. The average molecular weight is 279 g/mol. The van der Waals surface area contributed by atoms with Crippen molar-refractivity contribution in [3.05, 3.63) is 59.9 Å². The predicted octanol–water partition coefficient (Wildman–Crippen LogP) is 3.81. The standard InChI is InChI=1S/C18H21N3/c1-3-9-19-13-15-8-7-14(2)16(12-15)17-5-4-6-18-20-10-11-21(17)18/h4-8,10-12,19H,3,9,13H2,1-2H3. The minimum Gasteiger partial charge on any atom is -0.313 e. The highest BCUT2D eigenvalue weighted by Gasteiger charge is 2.07. The number of benzene rings is 1. The molecule has 3 heteroatoms. The fourth-order valence-corrected chi connectivity index (χ4v) is 2.63. The van der Waals surface area contributed by atoms with Gasteiger partial charge < -0.3 is 5.32 Å². The largest absolute Gasteiger partial charge is 0.313 e. The van der Waals surface area contributed by atoms with Gasteiger partial charge in [-0.2, -0.15) is 0 Å². The van der Waals surface area contributed by atoms with Crippen molar-refractivity contribution in [2.45, 2.75) is 26.8 Å². The van der Waals surface area contributed by atoms with Crippen LogP contribution in [0.4, 0.5) is 0 Å². The Labute approximate surface area is 125 Å². The van der Waals surface area contributed by atoms with Crippen LogP contribution < -0.4 is 5.32 Å². The van der Waals surface area contributed by atoms with E-state index in [9.17, 15) is 0 Å². The first kappa shape index (κ1) is 13.8. The third-order valence-corrected chi connectivity index (χ3v) is 3.76. The van der Waals surface area contributed by atoms with E-state index in [4.69, 9.17) is 0 Å². The highest BCUT2D eigenvalue weighted by atomic mass is 15.0. The number of fused-ring (bicyclic) bond motifs is 1. The predicted molar refractivity (Wildman–Crippen MR) is 87.4 cm³/mol.